The molecule has 3 aromatic rings. The molecule has 3 heterocycles. The van der Waals surface area contributed by atoms with Gasteiger partial charge in [0, 0.05) is 24.5 Å². The number of pyridine rings is 1. The fourth-order valence-electron chi connectivity index (χ4n) is 3.70. The number of carbonyl (C=O) groups excluding carboxylic acids is 1. The Morgan fingerprint density at radius 1 is 1.25 bits per heavy atom. The van der Waals surface area contributed by atoms with Gasteiger partial charge in [0.2, 0.25) is 0 Å². The van der Waals surface area contributed by atoms with Gasteiger partial charge in [-0.25, -0.2) is 4.98 Å². The monoisotopic (exact) mass is 437 g/mol. The van der Waals surface area contributed by atoms with Crippen LogP contribution in [0.15, 0.2) is 47.8 Å². The molecule has 4 rings (SSSR count). The molecule has 2 unspecified atom stereocenters. The molecule has 1 aliphatic heterocycles. The number of hydrogen-bond donors (Lipinski definition) is 1. The lowest BCUT2D eigenvalue weighted by Crippen LogP contribution is -2.45. The summed E-state index contributed by atoms with van der Waals surface area (Å²) < 4.78 is 0. The third-order valence-electron chi connectivity index (χ3n) is 5.21. The van der Waals surface area contributed by atoms with Crippen LogP contribution in [0.2, 0.25) is 0 Å². The van der Waals surface area contributed by atoms with Crippen molar-refractivity contribution in [1.82, 2.24) is 9.88 Å². The van der Waals surface area contributed by atoms with Crippen molar-refractivity contribution in [3.8, 4) is 10.6 Å². The van der Waals surface area contributed by atoms with Gasteiger partial charge in [0.1, 0.15) is 0 Å². The Bertz CT molecular complexity index is 931. The molecule has 2 N–H and O–H groups in total. The number of nitrogens with two attached hydrogens (primary N) is 1. The van der Waals surface area contributed by atoms with Crippen LogP contribution >= 0.6 is 36.2 Å². The van der Waals surface area contributed by atoms with Crippen LogP contribution in [-0.4, -0.2) is 34.9 Å². The van der Waals surface area contributed by atoms with Crippen molar-refractivity contribution in [2.24, 2.45) is 11.7 Å². The molecule has 28 heavy (non-hydrogen) atoms. The molecule has 1 saturated heterocycles. The number of thiophene rings is 1. The standard InChI is InChI=1S/C21H23N3OS.2ClH/c1-14(22)15-6-4-10-24(13-15)21(25)17-12-19(20-9-5-11-26-20)23-18-8-3-2-7-16(17)18;;/h2-3,5,7-9,11-12,14-15H,4,6,10,13,22H2,1H3;2*1H. The Labute approximate surface area is 182 Å². The van der Waals surface area contributed by atoms with Crippen LogP contribution in [0.3, 0.4) is 0 Å². The minimum atomic E-state index is 0. The topological polar surface area (TPSA) is 59.2 Å². The summed E-state index contributed by atoms with van der Waals surface area (Å²) >= 11 is 1.64. The molecule has 7 heteroatoms. The maximum Gasteiger partial charge on any atom is 0.254 e. The van der Waals surface area contributed by atoms with E-state index in [0.29, 0.717) is 5.92 Å². The average Bonchev–Trinajstić information content (AvgIpc) is 3.21. The second kappa shape index (κ2) is 9.70. The number of para-hydroxylation sites is 1. The Morgan fingerprint density at radius 3 is 2.75 bits per heavy atom. The fourth-order valence-corrected chi connectivity index (χ4v) is 4.38. The second-order valence-electron chi connectivity index (χ2n) is 7.06. The summed E-state index contributed by atoms with van der Waals surface area (Å²) in [4.78, 5) is 21.2. The molecule has 4 nitrogen and oxygen atoms in total. The minimum Gasteiger partial charge on any atom is -0.338 e. The number of hydrogen-bond acceptors (Lipinski definition) is 4. The Kier molecular flexibility index (Phi) is 7.84. The molecular weight excluding hydrogens is 413 g/mol. The number of carbonyl (C=O) groups is 1. The molecular formula is C21H25Cl2N3OS. The molecule has 0 radical (unpaired) electrons. The lowest BCUT2D eigenvalue weighted by molar-refractivity contribution is 0.0663. The lowest BCUT2D eigenvalue weighted by Gasteiger charge is -2.35. The average molecular weight is 438 g/mol. The largest absolute Gasteiger partial charge is 0.338 e. The molecule has 1 amide bonds. The van der Waals surface area contributed by atoms with Gasteiger partial charge in [0.25, 0.3) is 5.91 Å². The molecule has 0 saturated carbocycles. The van der Waals surface area contributed by atoms with Crippen LogP contribution in [0.1, 0.15) is 30.1 Å². The second-order valence-corrected chi connectivity index (χ2v) is 8.01. The highest BCUT2D eigenvalue weighted by molar-refractivity contribution is 7.13. The zero-order chi connectivity index (χ0) is 18.1. The first-order valence-corrected chi connectivity index (χ1v) is 10.00. The highest BCUT2D eigenvalue weighted by atomic mass is 35.5. The SMILES string of the molecule is CC(N)C1CCCN(C(=O)c2cc(-c3cccs3)nc3ccccc23)C1.Cl.Cl. The number of rotatable bonds is 3. The number of aromatic nitrogens is 1. The number of likely N-dealkylation sites (tertiary alicyclic amines) is 1. The van der Waals surface area contributed by atoms with E-state index in [9.17, 15) is 4.79 Å². The predicted molar refractivity (Wildman–Crippen MR) is 122 cm³/mol. The molecule has 1 aliphatic rings. The van der Waals surface area contributed by atoms with Crippen LogP contribution in [0.25, 0.3) is 21.5 Å². The summed E-state index contributed by atoms with van der Waals surface area (Å²) in [6.45, 7) is 3.57. The maximum absolute atomic E-state index is 13.4. The van der Waals surface area contributed by atoms with E-state index in [1.807, 2.05) is 59.7 Å². The van der Waals surface area contributed by atoms with E-state index in [0.717, 1.165) is 53.0 Å². The van der Waals surface area contributed by atoms with Crippen molar-refractivity contribution in [1.29, 1.82) is 0 Å². The van der Waals surface area contributed by atoms with Crippen LogP contribution in [0.5, 0.6) is 0 Å². The van der Waals surface area contributed by atoms with Crippen molar-refractivity contribution in [2.45, 2.75) is 25.8 Å². The molecule has 1 fully saturated rings. The van der Waals surface area contributed by atoms with E-state index < -0.39 is 0 Å². The summed E-state index contributed by atoms with van der Waals surface area (Å²) in [6.07, 6.45) is 2.11. The van der Waals surface area contributed by atoms with E-state index in [2.05, 4.69) is 0 Å². The summed E-state index contributed by atoms with van der Waals surface area (Å²) in [6, 6.07) is 14.0. The first-order valence-electron chi connectivity index (χ1n) is 9.12. The zero-order valence-electron chi connectivity index (χ0n) is 15.7. The molecule has 2 aromatic heterocycles. The molecule has 2 atom stereocenters. The number of amides is 1. The van der Waals surface area contributed by atoms with Crippen LogP contribution in [0.4, 0.5) is 0 Å². The smallest absolute Gasteiger partial charge is 0.254 e. The van der Waals surface area contributed by atoms with Gasteiger partial charge < -0.3 is 10.6 Å². The first-order chi connectivity index (χ1) is 12.6. The summed E-state index contributed by atoms with van der Waals surface area (Å²) in [5, 5.41) is 2.95. The number of nitrogens with zero attached hydrogens (tertiary/aromatic N) is 2. The number of fused-ring (bicyclic) bond motifs is 1. The van der Waals surface area contributed by atoms with Gasteiger partial charge in [-0.2, -0.15) is 0 Å². The molecule has 1 aromatic carbocycles. The van der Waals surface area contributed by atoms with E-state index in [1.54, 1.807) is 11.3 Å². The third kappa shape index (κ3) is 4.49. The van der Waals surface area contributed by atoms with Gasteiger partial charge >= 0.3 is 0 Å². The van der Waals surface area contributed by atoms with Gasteiger partial charge in [-0.05, 0) is 49.3 Å². The maximum atomic E-state index is 13.4. The molecule has 0 aliphatic carbocycles. The van der Waals surface area contributed by atoms with Gasteiger partial charge in [0.15, 0.2) is 0 Å². The highest BCUT2D eigenvalue weighted by Gasteiger charge is 2.27. The van der Waals surface area contributed by atoms with Crippen molar-refractivity contribution >= 4 is 53.0 Å². The Balaban J connectivity index is 0.00000140. The summed E-state index contributed by atoms with van der Waals surface area (Å²) in [5.41, 5.74) is 8.57. The molecule has 0 spiro atoms. The fraction of sp³-hybridized carbons (Fsp3) is 0.333. The van der Waals surface area contributed by atoms with Crippen molar-refractivity contribution in [3.63, 3.8) is 0 Å². The quantitative estimate of drug-likeness (QED) is 0.626. The zero-order valence-corrected chi connectivity index (χ0v) is 18.2. The molecule has 0 bridgehead atoms. The normalized spacial score (nSPS) is 17.5. The van der Waals surface area contributed by atoms with E-state index in [1.165, 1.54) is 0 Å². The van der Waals surface area contributed by atoms with Crippen LogP contribution in [0, 0.1) is 5.92 Å². The van der Waals surface area contributed by atoms with E-state index in [-0.39, 0.29) is 36.8 Å². The van der Waals surface area contributed by atoms with Crippen molar-refractivity contribution in [3.05, 3.63) is 53.4 Å². The lowest BCUT2D eigenvalue weighted by atomic mass is 9.91. The number of halogens is 2. The van der Waals surface area contributed by atoms with Crippen LogP contribution in [-0.2, 0) is 0 Å². The van der Waals surface area contributed by atoms with Crippen LogP contribution < -0.4 is 5.73 Å². The van der Waals surface area contributed by atoms with Crippen molar-refractivity contribution in [2.75, 3.05) is 13.1 Å². The third-order valence-corrected chi connectivity index (χ3v) is 6.10. The van der Waals surface area contributed by atoms with E-state index in [4.69, 9.17) is 10.7 Å². The minimum absolute atomic E-state index is 0. The highest BCUT2D eigenvalue weighted by Crippen LogP contribution is 2.29. The Hall–Kier alpha value is -1.66. The first kappa shape index (κ1) is 22.6. The van der Waals surface area contributed by atoms with Gasteiger partial charge in [0.05, 0.1) is 21.7 Å². The summed E-state index contributed by atoms with van der Waals surface area (Å²) in [5.74, 6) is 0.462. The van der Waals surface area contributed by atoms with Gasteiger partial charge in [-0.3, -0.25) is 4.79 Å². The van der Waals surface area contributed by atoms with Gasteiger partial charge in [-0.15, -0.1) is 36.2 Å². The van der Waals surface area contributed by atoms with Gasteiger partial charge in [-0.1, -0.05) is 24.3 Å². The number of piperidine rings is 1. The van der Waals surface area contributed by atoms with Crippen molar-refractivity contribution < 1.29 is 4.79 Å². The predicted octanol–water partition coefficient (Wildman–Crippen LogP) is 5.01. The Morgan fingerprint density at radius 2 is 2.04 bits per heavy atom. The molecule has 150 valence electrons. The van der Waals surface area contributed by atoms with E-state index >= 15 is 0 Å². The summed E-state index contributed by atoms with van der Waals surface area (Å²) in [7, 11) is 0. The number of benzene rings is 1.